The Morgan fingerprint density at radius 2 is 1.93 bits per heavy atom. The Morgan fingerprint density at radius 3 is 2.72 bits per heavy atom. The van der Waals surface area contributed by atoms with Crippen LogP contribution in [-0.4, -0.2) is 27.9 Å². The molecule has 152 valence electrons. The minimum atomic E-state index is -0.323. The van der Waals surface area contributed by atoms with Gasteiger partial charge in [-0.1, -0.05) is 22.0 Å². The van der Waals surface area contributed by atoms with Gasteiger partial charge >= 0.3 is 0 Å². The standard InChI is InChI=1S/C24H28BrN3O/c1-15-10-18-14-28(23(29)21(18)11-16(15)2)9-8-24(3,26)7-6-17-13-27-22-5-4-19(25)12-20(17)22/h4-5,10-13,27H,6-9,14,26H2,1-3H3. The highest BCUT2D eigenvalue weighted by molar-refractivity contribution is 9.10. The number of halogens is 1. The van der Waals surface area contributed by atoms with Crippen LogP contribution < -0.4 is 5.73 Å². The van der Waals surface area contributed by atoms with Crippen LogP contribution in [0.3, 0.4) is 0 Å². The summed E-state index contributed by atoms with van der Waals surface area (Å²) in [7, 11) is 0. The Balaban J connectivity index is 1.38. The van der Waals surface area contributed by atoms with E-state index in [4.69, 9.17) is 5.73 Å². The Morgan fingerprint density at radius 1 is 1.17 bits per heavy atom. The van der Waals surface area contributed by atoms with Gasteiger partial charge in [-0.15, -0.1) is 0 Å². The molecule has 29 heavy (non-hydrogen) atoms. The summed E-state index contributed by atoms with van der Waals surface area (Å²) in [5, 5.41) is 1.24. The number of fused-ring (bicyclic) bond motifs is 2. The van der Waals surface area contributed by atoms with Crippen LogP contribution in [0.15, 0.2) is 41.0 Å². The van der Waals surface area contributed by atoms with Crippen LogP contribution in [-0.2, 0) is 13.0 Å². The molecular formula is C24H28BrN3O. The zero-order valence-corrected chi connectivity index (χ0v) is 18.9. The average molecular weight is 454 g/mol. The van der Waals surface area contributed by atoms with Gasteiger partial charge in [-0.2, -0.15) is 0 Å². The third-order valence-electron chi connectivity index (χ3n) is 6.25. The van der Waals surface area contributed by atoms with Crippen LogP contribution in [0.5, 0.6) is 0 Å². The lowest BCUT2D eigenvalue weighted by Crippen LogP contribution is -2.40. The SMILES string of the molecule is Cc1cc2c(cc1C)C(=O)N(CCC(C)(N)CCc1c[nH]c3ccc(Br)cc13)C2. The van der Waals surface area contributed by atoms with E-state index < -0.39 is 0 Å². The topological polar surface area (TPSA) is 62.1 Å². The lowest BCUT2D eigenvalue weighted by Gasteiger charge is -2.27. The number of hydrogen-bond acceptors (Lipinski definition) is 2. The molecule has 0 saturated carbocycles. The summed E-state index contributed by atoms with van der Waals surface area (Å²) in [5.41, 5.74) is 13.2. The number of nitrogens with two attached hydrogens (primary N) is 1. The van der Waals surface area contributed by atoms with Gasteiger partial charge in [-0.3, -0.25) is 4.79 Å². The molecule has 3 N–H and O–H groups in total. The summed E-state index contributed by atoms with van der Waals surface area (Å²) in [6, 6.07) is 10.5. The normalized spacial score (nSPS) is 15.8. The number of aromatic amines is 1. The Kier molecular flexibility index (Phi) is 5.30. The number of aromatic nitrogens is 1. The highest BCUT2D eigenvalue weighted by atomic mass is 79.9. The van der Waals surface area contributed by atoms with Crippen molar-refractivity contribution < 1.29 is 4.79 Å². The molecule has 1 unspecified atom stereocenters. The van der Waals surface area contributed by atoms with Crippen LogP contribution in [0.2, 0.25) is 0 Å². The molecule has 1 amide bonds. The predicted octanol–water partition coefficient (Wildman–Crippen LogP) is 5.24. The van der Waals surface area contributed by atoms with E-state index in [1.54, 1.807) is 0 Å². The number of nitrogens with zero attached hydrogens (tertiary/aromatic N) is 1. The number of rotatable bonds is 6. The van der Waals surface area contributed by atoms with E-state index in [0.717, 1.165) is 40.4 Å². The maximum absolute atomic E-state index is 12.8. The summed E-state index contributed by atoms with van der Waals surface area (Å²) >= 11 is 3.56. The first-order valence-electron chi connectivity index (χ1n) is 10.2. The third kappa shape index (κ3) is 4.12. The highest BCUT2D eigenvalue weighted by Gasteiger charge is 2.29. The number of carbonyl (C=O) groups is 1. The summed E-state index contributed by atoms with van der Waals surface area (Å²) < 4.78 is 1.08. The second-order valence-corrected chi connectivity index (χ2v) is 9.64. The number of carbonyl (C=O) groups excluding carboxylic acids is 1. The molecule has 0 fully saturated rings. The quantitative estimate of drug-likeness (QED) is 0.535. The Labute approximate surface area is 180 Å². The number of H-pyrrole nitrogens is 1. The van der Waals surface area contributed by atoms with Crippen molar-refractivity contribution in [3.05, 3.63) is 68.8 Å². The van der Waals surface area contributed by atoms with Crippen molar-refractivity contribution >= 4 is 32.7 Å². The molecular weight excluding hydrogens is 426 g/mol. The van der Waals surface area contributed by atoms with Gasteiger partial charge in [0.05, 0.1) is 0 Å². The molecule has 1 aromatic heterocycles. The molecule has 4 nitrogen and oxygen atoms in total. The molecule has 0 bridgehead atoms. The third-order valence-corrected chi connectivity index (χ3v) is 6.74. The summed E-state index contributed by atoms with van der Waals surface area (Å²) in [4.78, 5) is 18.1. The van der Waals surface area contributed by atoms with Gasteiger partial charge in [0.1, 0.15) is 0 Å². The van der Waals surface area contributed by atoms with E-state index in [1.165, 1.54) is 22.1 Å². The highest BCUT2D eigenvalue weighted by Crippen LogP contribution is 2.28. The molecule has 1 aliphatic rings. The van der Waals surface area contributed by atoms with E-state index in [-0.39, 0.29) is 11.4 Å². The average Bonchev–Trinajstić information content (AvgIpc) is 3.20. The van der Waals surface area contributed by atoms with Crippen molar-refractivity contribution in [2.75, 3.05) is 6.54 Å². The van der Waals surface area contributed by atoms with Gasteiger partial charge in [0, 0.05) is 45.8 Å². The molecule has 0 aliphatic carbocycles. The van der Waals surface area contributed by atoms with Crippen molar-refractivity contribution in [1.29, 1.82) is 0 Å². The minimum absolute atomic E-state index is 0.139. The fourth-order valence-electron chi connectivity index (χ4n) is 4.13. The maximum atomic E-state index is 12.8. The molecule has 1 atom stereocenters. The molecule has 2 aromatic carbocycles. The number of aryl methyl sites for hydroxylation is 3. The van der Waals surface area contributed by atoms with Crippen molar-refractivity contribution in [3.63, 3.8) is 0 Å². The lowest BCUT2D eigenvalue weighted by atomic mass is 9.91. The van der Waals surface area contributed by atoms with Crippen LogP contribution in [0.4, 0.5) is 0 Å². The van der Waals surface area contributed by atoms with Gasteiger partial charge in [0.2, 0.25) is 0 Å². The number of hydrogen-bond donors (Lipinski definition) is 2. The smallest absolute Gasteiger partial charge is 0.254 e. The summed E-state index contributed by atoms with van der Waals surface area (Å²) in [5.74, 6) is 0.139. The van der Waals surface area contributed by atoms with Crippen molar-refractivity contribution in [2.45, 2.75) is 52.1 Å². The number of nitrogens with one attached hydrogen (secondary N) is 1. The molecule has 3 aromatic rings. The van der Waals surface area contributed by atoms with Crippen molar-refractivity contribution in [1.82, 2.24) is 9.88 Å². The van der Waals surface area contributed by atoms with Gasteiger partial charge in [-0.05, 0) is 86.6 Å². The van der Waals surface area contributed by atoms with Gasteiger partial charge in [0.25, 0.3) is 5.91 Å². The van der Waals surface area contributed by atoms with Crippen LogP contribution in [0.25, 0.3) is 10.9 Å². The van der Waals surface area contributed by atoms with E-state index in [2.05, 4.69) is 66.1 Å². The molecule has 0 radical (unpaired) electrons. The van der Waals surface area contributed by atoms with Crippen LogP contribution in [0.1, 0.15) is 52.4 Å². The first-order chi connectivity index (χ1) is 13.7. The zero-order chi connectivity index (χ0) is 20.8. The van der Waals surface area contributed by atoms with Gasteiger partial charge < -0.3 is 15.6 Å². The largest absolute Gasteiger partial charge is 0.361 e. The Hall–Kier alpha value is -2.11. The van der Waals surface area contributed by atoms with E-state index in [9.17, 15) is 4.79 Å². The summed E-state index contributed by atoms with van der Waals surface area (Å²) in [6.07, 6.45) is 4.66. The van der Waals surface area contributed by atoms with E-state index in [1.807, 2.05) is 17.0 Å². The zero-order valence-electron chi connectivity index (χ0n) is 17.3. The molecule has 2 heterocycles. The van der Waals surface area contributed by atoms with Crippen molar-refractivity contribution in [2.24, 2.45) is 5.73 Å². The first kappa shape index (κ1) is 20.2. The fourth-order valence-corrected chi connectivity index (χ4v) is 4.49. The van der Waals surface area contributed by atoms with Gasteiger partial charge in [0.15, 0.2) is 0 Å². The molecule has 4 rings (SSSR count). The molecule has 1 aliphatic heterocycles. The fraction of sp³-hybridized carbons (Fsp3) is 0.375. The minimum Gasteiger partial charge on any atom is -0.361 e. The second-order valence-electron chi connectivity index (χ2n) is 8.73. The molecule has 0 spiro atoms. The molecule has 0 saturated heterocycles. The Bertz CT molecular complexity index is 1080. The lowest BCUT2D eigenvalue weighted by molar-refractivity contribution is 0.0766. The molecule has 5 heteroatoms. The van der Waals surface area contributed by atoms with Gasteiger partial charge in [-0.25, -0.2) is 0 Å². The number of amides is 1. The van der Waals surface area contributed by atoms with Crippen molar-refractivity contribution in [3.8, 4) is 0 Å². The van der Waals surface area contributed by atoms with E-state index in [0.29, 0.717) is 13.1 Å². The first-order valence-corrected chi connectivity index (χ1v) is 11.0. The predicted molar refractivity (Wildman–Crippen MR) is 122 cm³/mol. The second kappa shape index (κ2) is 7.62. The van der Waals surface area contributed by atoms with E-state index >= 15 is 0 Å². The summed E-state index contributed by atoms with van der Waals surface area (Å²) in [6.45, 7) is 7.65. The van der Waals surface area contributed by atoms with Crippen LogP contribution in [0, 0.1) is 13.8 Å². The van der Waals surface area contributed by atoms with Crippen LogP contribution >= 0.6 is 15.9 Å². The number of benzene rings is 2. The maximum Gasteiger partial charge on any atom is 0.254 e. The monoisotopic (exact) mass is 453 g/mol.